The lowest BCUT2D eigenvalue weighted by Gasteiger charge is -2.35. The van der Waals surface area contributed by atoms with Crippen LogP contribution in [0.2, 0.25) is 0 Å². The molecule has 202 valence electrons. The molecule has 2 bridgehead atoms. The number of rotatable bonds is 1. The quantitative estimate of drug-likeness (QED) is 0.522. The minimum Gasteiger partial charge on any atom is -0.491 e. The van der Waals surface area contributed by atoms with Crippen LogP contribution in [0.5, 0.6) is 5.75 Å². The molecule has 11 nitrogen and oxygen atoms in total. The summed E-state index contributed by atoms with van der Waals surface area (Å²) in [6.07, 6.45) is 5.96. The van der Waals surface area contributed by atoms with E-state index in [1.165, 1.54) is 6.33 Å². The van der Waals surface area contributed by atoms with E-state index in [4.69, 9.17) is 4.74 Å². The van der Waals surface area contributed by atoms with Crippen LogP contribution in [-0.2, 0) is 9.59 Å². The molecule has 1 saturated heterocycles. The highest BCUT2D eigenvalue weighted by molar-refractivity contribution is 6.32. The normalized spacial score (nSPS) is 20.9. The fourth-order valence-corrected chi connectivity index (χ4v) is 4.88. The molecule has 2 amide bonds. The van der Waals surface area contributed by atoms with Gasteiger partial charge in [0, 0.05) is 70.7 Å². The predicted octanol–water partition coefficient (Wildman–Crippen LogP) is 2.46. The topological polar surface area (TPSA) is 115 Å². The Balaban J connectivity index is 1.44. The van der Waals surface area contributed by atoms with Crippen LogP contribution >= 0.6 is 0 Å². The third-order valence-electron chi connectivity index (χ3n) is 7.21. The van der Waals surface area contributed by atoms with Gasteiger partial charge in [0.05, 0.1) is 23.4 Å². The molecule has 38 heavy (non-hydrogen) atoms. The summed E-state index contributed by atoms with van der Waals surface area (Å²) in [5, 5.41) is 9.43. The zero-order valence-electron chi connectivity index (χ0n) is 22.1. The minimum absolute atomic E-state index is 0.134. The summed E-state index contributed by atoms with van der Waals surface area (Å²) in [6.45, 7) is 5.62. The largest absolute Gasteiger partial charge is 0.491 e. The van der Waals surface area contributed by atoms with Gasteiger partial charge >= 0.3 is 0 Å². The number of anilines is 4. The van der Waals surface area contributed by atoms with E-state index in [1.807, 2.05) is 19.2 Å². The van der Waals surface area contributed by atoms with Crippen molar-refractivity contribution in [2.24, 2.45) is 0 Å². The van der Waals surface area contributed by atoms with Crippen molar-refractivity contribution in [2.75, 3.05) is 80.8 Å². The van der Waals surface area contributed by atoms with Gasteiger partial charge < -0.3 is 35.4 Å². The van der Waals surface area contributed by atoms with E-state index in [1.54, 1.807) is 11.1 Å². The van der Waals surface area contributed by atoms with E-state index in [0.717, 1.165) is 62.6 Å². The van der Waals surface area contributed by atoms with Crippen molar-refractivity contribution in [1.82, 2.24) is 19.8 Å². The van der Waals surface area contributed by atoms with Crippen LogP contribution in [0.4, 0.5) is 23.0 Å². The number of carbonyl (C=O) groups excluding carboxylic acids is 2. The summed E-state index contributed by atoms with van der Waals surface area (Å²) in [5.41, 5.74) is 2.96. The van der Waals surface area contributed by atoms with Crippen LogP contribution in [0, 0.1) is 0 Å². The molecule has 0 radical (unpaired) electrons. The Hall–Kier alpha value is -3.86. The molecule has 3 N–H and O–H groups in total. The fraction of sp³-hybridized carbons (Fsp3) is 0.481. The van der Waals surface area contributed by atoms with Crippen molar-refractivity contribution in [1.29, 1.82) is 0 Å². The van der Waals surface area contributed by atoms with Crippen molar-refractivity contribution < 1.29 is 14.3 Å². The summed E-state index contributed by atoms with van der Waals surface area (Å²) < 4.78 is 6.28. The predicted molar refractivity (Wildman–Crippen MR) is 149 cm³/mol. The molecule has 0 aliphatic carbocycles. The first-order valence-electron chi connectivity index (χ1n) is 13.3. The van der Waals surface area contributed by atoms with E-state index in [9.17, 15) is 9.59 Å². The first kappa shape index (κ1) is 25.8. The molecule has 5 rings (SSSR count). The average Bonchev–Trinajstić information content (AvgIpc) is 3.25. The first-order valence-corrected chi connectivity index (χ1v) is 13.3. The molecule has 4 heterocycles. The second-order valence-corrected chi connectivity index (χ2v) is 9.98. The first-order chi connectivity index (χ1) is 18.5. The number of amides is 2. The van der Waals surface area contributed by atoms with Gasteiger partial charge in [0.2, 0.25) is 5.91 Å². The molecule has 0 unspecified atom stereocenters. The lowest BCUT2D eigenvalue weighted by Crippen LogP contribution is -2.44. The van der Waals surface area contributed by atoms with Crippen LogP contribution in [0.3, 0.4) is 0 Å². The number of likely N-dealkylation sites (N-methyl/N-ethyl adjacent to an activating group) is 1. The summed E-state index contributed by atoms with van der Waals surface area (Å²) in [5.74, 6) is 1.75. The molecule has 0 spiro atoms. The van der Waals surface area contributed by atoms with Gasteiger partial charge in [0.1, 0.15) is 23.7 Å². The molecule has 1 fully saturated rings. The number of hydrogen-bond donors (Lipinski definition) is 3. The highest BCUT2D eigenvalue weighted by Crippen LogP contribution is 2.36. The lowest BCUT2D eigenvalue weighted by molar-refractivity contribution is -0.130. The van der Waals surface area contributed by atoms with E-state index in [0.29, 0.717) is 48.9 Å². The maximum absolute atomic E-state index is 12.8. The van der Waals surface area contributed by atoms with Crippen molar-refractivity contribution in [3.05, 3.63) is 36.3 Å². The van der Waals surface area contributed by atoms with Crippen LogP contribution < -0.4 is 25.6 Å². The number of fused-ring (bicyclic) bond motifs is 2. The van der Waals surface area contributed by atoms with Crippen LogP contribution in [0.15, 0.2) is 30.7 Å². The van der Waals surface area contributed by atoms with Gasteiger partial charge in [0.15, 0.2) is 0 Å². The molecule has 2 aromatic rings. The van der Waals surface area contributed by atoms with E-state index in [2.05, 4.69) is 48.8 Å². The van der Waals surface area contributed by atoms with Crippen molar-refractivity contribution in [3.63, 3.8) is 0 Å². The molecular formula is C27H36N8O3. The summed E-state index contributed by atoms with van der Waals surface area (Å²) in [7, 11) is 3.98. The highest BCUT2D eigenvalue weighted by Gasteiger charge is 2.29. The van der Waals surface area contributed by atoms with Crippen LogP contribution in [-0.4, -0.2) is 91.6 Å². The third kappa shape index (κ3) is 5.83. The molecule has 3 aliphatic heterocycles. The molecular weight excluding hydrogens is 484 g/mol. The zero-order chi connectivity index (χ0) is 26.5. The average molecular weight is 521 g/mol. The fourth-order valence-electron chi connectivity index (χ4n) is 4.88. The number of ether oxygens (including phenoxy) is 1. The number of carbonyl (C=O) groups is 2. The second-order valence-electron chi connectivity index (χ2n) is 9.98. The van der Waals surface area contributed by atoms with Gasteiger partial charge in [-0.05, 0) is 38.4 Å². The number of piperazine rings is 1. The van der Waals surface area contributed by atoms with Crippen molar-refractivity contribution in [2.45, 2.75) is 25.7 Å². The SMILES string of the molecule is CN1CCN(c2ccc3cc2OCCCCC(=O)N(C)CCCNc2ncnc4c2/C(=C/N3)C(=O)N4)CC1. The molecule has 0 atom stereocenters. The standard InChI is InChI=1S/C27H36N8O3/c1-33-11-13-35(14-12-33)21-8-7-19-16-22(21)38-15-4-3-6-23(36)34(2)10-5-9-28-25-24-20(17-29-19)27(37)32-26(24)31-18-30-25/h7-8,16-18,29H,3-6,9-15H2,1-2H3,(H2,28,30,31,32,37)/b20-17-. The minimum atomic E-state index is -0.238. The lowest BCUT2D eigenvalue weighted by atomic mass is 10.1. The maximum atomic E-state index is 12.8. The van der Waals surface area contributed by atoms with Gasteiger partial charge in [-0.15, -0.1) is 0 Å². The number of benzene rings is 1. The number of hydrogen-bond acceptors (Lipinski definition) is 9. The van der Waals surface area contributed by atoms with E-state index < -0.39 is 0 Å². The van der Waals surface area contributed by atoms with Gasteiger partial charge in [-0.25, -0.2) is 9.97 Å². The van der Waals surface area contributed by atoms with E-state index in [-0.39, 0.29) is 11.8 Å². The highest BCUT2D eigenvalue weighted by atomic mass is 16.5. The van der Waals surface area contributed by atoms with Gasteiger partial charge in [-0.2, -0.15) is 0 Å². The summed E-state index contributed by atoms with van der Waals surface area (Å²) in [6, 6.07) is 6.05. The number of nitrogens with one attached hydrogen (secondary N) is 3. The van der Waals surface area contributed by atoms with Crippen LogP contribution in [0.25, 0.3) is 5.57 Å². The smallest absolute Gasteiger partial charge is 0.259 e. The van der Waals surface area contributed by atoms with Gasteiger partial charge in [-0.3, -0.25) is 9.59 Å². The zero-order valence-corrected chi connectivity index (χ0v) is 22.1. The van der Waals surface area contributed by atoms with Crippen LogP contribution in [0.1, 0.15) is 31.2 Å². The molecule has 1 aromatic carbocycles. The van der Waals surface area contributed by atoms with Gasteiger partial charge in [0.25, 0.3) is 5.91 Å². The monoisotopic (exact) mass is 520 g/mol. The summed E-state index contributed by atoms with van der Waals surface area (Å²) >= 11 is 0. The van der Waals surface area contributed by atoms with Crippen molar-refractivity contribution >= 4 is 40.4 Å². The second kappa shape index (κ2) is 11.7. The Bertz CT molecular complexity index is 1210. The molecule has 1 aromatic heterocycles. The third-order valence-corrected chi connectivity index (χ3v) is 7.21. The summed E-state index contributed by atoms with van der Waals surface area (Å²) in [4.78, 5) is 40.5. The van der Waals surface area contributed by atoms with E-state index >= 15 is 0 Å². The Morgan fingerprint density at radius 2 is 1.76 bits per heavy atom. The maximum Gasteiger partial charge on any atom is 0.259 e. The van der Waals surface area contributed by atoms with Gasteiger partial charge in [-0.1, -0.05) is 0 Å². The number of aromatic nitrogens is 2. The molecule has 3 aliphatic rings. The Morgan fingerprint density at radius 1 is 0.947 bits per heavy atom. The number of nitrogens with zero attached hydrogens (tertiary/aromatic N) is 5. The van der Waals surface area contributed by atoms with Crippen molar-refractivity contribution in [3.8, 4) is 5.75 Å². The Labute approximate surface area is 223 Å². The molecule has 0 saturated carbocycles. The Morgan fingerprint density at radius 3 is 2.61 bits per heavy atom. The molecule has 11 heteroatoms. The Kier molecular flexibility index (Phi) is 7.92.